The van der Waals surface area contributed by atoms with Gasteiger partial charge in [-0.1, -0.05) is 12.2 Å². The molecule has 0 radical (unpaired) electrons. The van der Waals surface area contributed by atoms with Gasteiger partial charge in [-0.2, -0.15) is 0 Å². The fraction of sp³-hybridized carbons (Fsp3) is 0.182. The van der Waals surface area contributed by atoms with Gasteiger partial charge in [0.15, 0.2) is 0 Å². The van der Waals surface area contributed by atoms with Crippen molar-refractivity contribution < 1.29 is 14.6 Å². The van der Waals surface area contributed by atoms with Crippen LogP contribution in [0.1, 0.15) is 15.9 Å². The smallest absolute Gasteiger partial charge is 0.150 e. The Balaban J connectivity index is 3.07. The van der Waals surface area contributed by atoms with Crippen molar-refractivity contribution in [3.63, 3.8) is 0 Å². The van der Waals surface area contributed by atoms with Crippen LogP contribution in [0, 0.1) is 0 Å². The molecule has 74 valence electrons. The van der Waals surface area contributed by atoms with Gasteiger partial charge >= 0.3 is 0 Å². The van der Waals surface area contributed by atoms with Gasteiger partial charge in [-0.25, -0.2) is 0 Å². The Labute approximate surface area is 82.6 Å². The molecular weight excluding hydrogens is 180 g/mol. The molecule has 0 saturated heterocycles. The number of rotatable bonds is 4. The predicted octanol–water partition coefficient (Wildman–Crippen LogP) is 1.51. The minimum Gasteiger partial charge on any atom is -0.496 e. The van der Waals surface area contributed by atoms with E-state index in [2.05, 4.69) is 0 Å². The van der Waals surface area contributed by atoms with Gasteiger partial charge in [0.25, 0.3) is 0 Å². The summed E-state index contributed by atoms with van der Waals surface area (Å²) in [6.45, 7) is -0.0333. The van der Waals surface area contributed by atoms with Crippen molar-refractivity contribution in [3.05, 3.63) is 35.4 Å². The number of aliphatic hydroxyl groups is 1. The Morgan fingerprint density at radius 1 is 1.50 bits per heavy atom. The normalized spacial score (nSPS) is 10.4. The molecule has 0 unspecified atom stereocenters. The molecular formula is C11H12O3. The highest BCUT2D eigenvalue weighted by molar-refractivity contribution is 5.77. The van der Waals surface area contributed by atoms with Crippen LogP contribution in [0.25, 0.3) is 6.08 Å². The van der Waals surface area contributed by atoms with E-state index in [1.807, 2.05) is 0 Å². The summed E-state index contributed by atoms with van der Waals surface area (Å²) < 4.78 is 5.09. The van der Waals surface area contributed by atoms with Crippen molar-refractivity contribution in [1.29, 1.82) is 0 Å². The van der Waals surface area contributed by atoms with Crippen LogP contribution in [0.3, 0.4) is 0 Å². The molecule has 0 amide bonds. The lowest BCUT2D eigenvalue weighted by Crippen LogP contribution is -1.89. The van der Waals surface area contributed by atoms with Crippen LogP contribution in [-0.4, -0.2) is 25.1 Å². The van der Waals surface area contributed by atoms with Gasteiger partial charge in [0.1, 0.15) is 12.0 Å². The lowest BCUT2D eigenvalue weighted by Gasteiger charge is -2.04. The minimum absolute atomic E-state index is 0.0333. The first-order valence-corrected chi connectivity index (χ1v) is 4.22. The summed E-state index contributed by atoms with van der Waals surface area (Å²) in [5.41, 5.74) is 1.37. The second-order valence-corrected chi connectivity index (χ2v) is 2.70. The first-order valence-electron chi connectivity index (χ1n) is 4.22. The topological polar surface area (TPSA) is 46.5 Å². The molecule has 0 fully saturated rings. The van der Waals surface area contributed by atoms with Crippen LogP contribution < -0.4 is 4.74 Å². The van der Waals surface area contributed by atoms with E-state index in [1.54, 1.807) is 37.5 Å². The molecule has 14 heavy (non-hydrogen) atoms. The van der Waals surface area contributed by atoms with E-state index in [-0.39, 0.29) is 6.61 Å². The van der Waals surface area contributed by atoms with Gasteiger partial charge in [0, 0.05) is 11.1 Å². The van der Waals surface area contributed by atoms with Gasteiger partial charge in [-0.15, -0.1) is 0 Å². The second kappa shape index (κ2) is 5.19. The quantitative estimate of drug-likeness (QED) is 0.735. The first kappa shape index (κ1) is 10.5. The van der Waals surface area contributed by atoms with Crippen molar-refractivity contribution in [2.75, 3.05) is 13.7 Å². The Hall–Kier alpha value is -1.61. The van der Waals surface area contributed by atoms with Gasteiger partial charge in [0.2, 0.25) is 0 Å². The van der Waals surface area contributed by atoms with E-state index in [1.165, 1.54) is 0 Å². The van der Waals surface area contributed by atoms with Crippen LogP contribution in [0.4, 0.5) is 0 Å². The molecule has 1 aromatic rings. The largest absolute Gasteiger partial charge is 0.496 e. The zero-order chi connectivity index (χ0) is 10.4. The molecule has 0 atom stereocenters. The van der Waals surface area contributed by atoms with Crippen molar-refractivity contribution in [3.8, 4) is 5.75 Å². The van der Waals surface area contributed by atoms with Gasteiger partial charge in [0.05, 0.1) is 13.7 Å². The molecule has 0 saturated carbocycles. The number of methoxy groups -OCH3 is 1. The SMILES string of the molecule is COc1ccc(C=O)cc1C=CCO. The number of carbonyl (C=O) groups excluding carboxylic acids is 1. The Bertz CT molecular complexity index is 342. The first-order chi connectivity index (χ1) is 6.81. The highest BCUT2D eigenvalue weighted by Gasteiger charge is 2.00. The Kier molecular flexibility index (Phi) is 3.88. The molecule has 0 aromatic heterocycles. The predicted molar refractivity (Wildman–Crippen MR) is 54.5 cm³/mol. The molecule has 1 aromatic carbocycles. The Morgan fingerprint density at radius 2 is 2.29 bits per heavy atom. The van der Waals surface area contributed by atoms with E-state index < -0.39 is 0 Å². The van der Waals surface area contributed by atoms with Crippen LogP contribution in [0.2, 0.25) is 0 Å². The maximum absolute atomic E-state index is 10.5. The zero-order valence-electron chi connectivity index (χ0n) is 7.93. The van der Waals surface area contributed by atoms with Crippen molar-refractivity contribution >= 4 is 12.4 Å². The number of aliphatic hydroxyl groups excluding tert-OH is 1. The van der Waals surface area contributed by atoms with E-state index in [0.717, 1.165) is 11.8 Å². The number of benzene rings is 1. The number of hydrogen-bond acceptors (Lipinski definition) is 3. The molecule has 1 N–H and O–H groups in total. The third kappa shape index (κ3) is 2.44. The summed E-state index contributed by atoms with van der Waals surface area (Å²) in [5.74, 6) is 0.681. The van der Waals surface area contributed by atoms with Gasteiger partial charge < -0.3 is 9.84 Å². The maximum atomic E-state index is 10.5. The zero-order valence-corrected chi connectivity index (χ0v) is 7.93. The Morgan fingerprint density at radius 3 is 2.86 bits per heavy atom. The minimum atomic E-state index is -0.0333. The fourth-order valence-electron chi connectivity index (χ4n) is 1.14. The standard InChI is InChI=1S/C11H12O3/c1-14-11-5-4-9(8-13)7-10(11)3-2-6-12/h2-5,7-8,12H,6H2,1H3. The number of ether oxygens (including phenoxy) is 1. The molecule has 1 rings (SSSR count). The van der Waals surface area contributed by atoms with Gasteiger partial charge in [-0.05, 0) is 18.2 Å². The molecule has 0 spiro atoms. The molecule has 3 heteroatoms. The van der Waals surface area contributed by atoms with Crippen LogP contribution in [0.15, 0.2) is 24.3 Å². The molecule has 0 aliphatic carbocycles. The summed E-state index contributed by atoms with van der Waals surface area (Å²) >= 11 is 0. The van der Waals surface area contributed by atoms with Gasteiger partial charge in [-0.3, -0.25) is 4.79 Å². The van der Waals surface area contributed by atoms with Crippen LogP contribution in [-0.2, 0) is 0 Å². The highest BCUT2D eigenvalue weighted by atomic mass is 16.5. The van der Waals surface area contributed by atoms with E-state index in [0.29, 0.717) is 11.3 Å². The van der Waals surface area contributed by atoms with E-state index >= 15 is 0 Å². The highest BCUT2D eigenvalue weighted by Crippen LogP contribution is 2.20. The summed E-state index contributed by atoms with van der Waals surface area (Å²) in [4.78, 5) is 10.5. The lowest BCUT2D eigenvalue weighted by molar-refractivity contribution is 0.112. The van der Waals surface area contributed by atoms with Crippen molar-refractivity contribution in [2.24, 2.45) is 0 Å². The van der Waals surface area contributed by atoms with E-state index in [4.69, 9.17) is 9.84 Å². The second-order valence-electron chi connectivity index (χ2n) is 2.70. The third-order valence-corrected chi connectivity index (χ3v) is 1.79. The molecule has 0 aliphatic heterocycles. The summed E-state index contributed by atoms with van der Waals surface area (Å²) in [6.07, 6.45) is 4.08. The van der Waals surface area contributed by atoms with E-state index in [9.17, 15) is 4.79 Å². The molecule has 0 heterocycles. The number of hydrogen-bond donors (Lipinski definition) is 1. The fourth-order valence-corrected chi connectivity index (χ4v) is 1.14. The number of aldehydes is 1. The monoisotopic (exact) mass is 192 g/mol. The summed E-state index contributed by atoms with van der Waals surface area (Å²) in [6, 6.07) is 5.11. The lowest BCUT2D eigenvalue weighted by atomic mass is 10.1. The summed E-state index contributed by atoms with van der Waals surface area (Å²) in [7, 11) is 1.56. The molecule has 0 aliphatic rings. The van der Waals surface area contributed by atoms with Crippen LogP contribution >= 0.6 is 0 Å². The summed E-state index contributed by atoms with van der Waals surface area (Å²) in [5, 5.41) is 8.62. The third-order valence-electron chi connectivity index (χ3n) is 1.79. The average Bonchev–Trinajstić information content (AvgIpc) is 2.25. The molecule has 3 nitrogen and oxygen atoms in total. The average molecular weight is 192 g/mol. The van der Waals surface area contributed by atoms with Crippen LogP contribution in [0.5, 0.6) is 5.75 Å². The van der Waals surface area contributed by atoms with Crippen molar-refractivity contribution in [1.82, 2.24) is 0 Å². The van der Waals surface area contributed by atoms with Crippen molar-refractivity contribution in [2.45, 2.75) is 0 Å². The maximum Gasteiger partial charge on any atom is 0.150 e. The molecule has 0 bridgehead atoms. The number of carbonyl (C=O) groups is 1.